The molecule has 2 rings (SSSR count). The standard InChI is InChI=1S/C15H21O5P/c1-2-19-21(17,18)11-15(16)12-6-5-9-14(10-12)20-13-7-3-4-8-13/h5-6,9-10,13H,2-4,7-8,11H2,1H3,(H,17,18). The van der Waals surface area contributed by atoms with E-state index in [2.05, 4.69) is 0 Å². The summed E-state index contributed by atoms with van der Waals surface area (Å²) in [6.07, 6.45) is 4.12. The molecule has 1 atom stereocenters. The molecule has 21 heavy (non-hydrogen) atoms. The molecule has 1 aliphatic carbocycles. The zero-order chi connectivity index (χ0) is 15.3. The topological polar surface area (TPSA) is 72.8 Å². The Balaban J connectivity index is 2.02. The smallest absolute Gasteiger partial charge is 0.335 e. The Morgan fingerprint density at radius 2 is 2.10 bits per heavy atom. The number of carbonyl (C=O) groups excluding carboxylic acids is 1. The number of hydrogen-bond donors (Lipinski definition) is 1. The average Bonchev–Trinajstić information content (AvgIpc) is 2.91. The summed E-state index contributed by atoms with van der Waals surface area (Å²) in [6, 6.07) is 6.78. The minimum atomic E-state index is -3.85. The normalized spacial score (nSPS) is 18.4. The fraction of sp³-hybridized carbons (Fsp3) is 0.533. The van der Waals surface area contributed by atoms with Gasteiger partial charge in [0.25, 0.3) is 0 Å². The lowest BCUT2D eigenvalue weighted by atomic mass is 10.1. The van der Waals surface area contributed by atoms with E-state index in [1.807, 2.05) is 0 Å². The molecule has 1 N–H and O–H groups in total. The van der Waals surface area contributed by atoms with Crippen molar-refractivity contribution in [3.05, 3.63) is 29.8 Å². The minimum absolute atomic E-state index is 0.103. The highest BCUT2D eigenvalue weighted by Gasteiger charge is 2.24. The number of benzene rings is 1. The molecule has 0 aliphatic heterocycles. The van der Waals surface area contributed by atoms with Crippen molar-refractivity contribution in [2.45, 2.75) is 38.7 Å². The van der Waals surface area contributed by atoms with E-state index in [1.165, 1.54) is 12.8 Å². The molecule has 1 saturated carbocycles. The molecule has 0 bridgehead atoms. The van der Waals surface area contributed by atoms with E-state index in [1.54, 1.807) is 31.2 Å². The summed E-state index contributed by atoms with van der Waals surface area (Å²) in [5, 5.41) is 0. The molecule has 0 amide bonds. The quantitative estimate of drug-likeness (QED) is 0.617. The van der Waals surface area contributed by atoms with Crippen molar-refractivity contribution in [2.75, 3.05) is 12.8 Å². The Bertz CT molecular complexity index is 537. The first-order valence-corrected chi connectivity index (χ1v) is 9.03. The third-order valence-electron chi connectivity index (χ3n) is 3.44. The van der Waals surface area contributed by atoms with E-state index >= 15 is 0 Å². The van der Waals surface area contributed by atoms with E-state index in [-0.39, 0.29) is 12.7 Å². The average molecular weight is 312 g/mol. The lowest BCUT2D eigenvalue weighted by Gasteiger charge is -2.14. The first-order chi connectivity index (χ1) is 10.00. The van der Waals surface area contributed by atoms with E-state index in [0.29, 0.717) is 11.3 Å². The van der Waals surface area contributed by atoms with Gasteiger partial charge in [0.1, 0.15) is 11.9 Å². The summed E-state index contributed by atoms with van der Waals surface area (Å²) >= 11 is 0. The Hall–Kier alpha value is -1.16. The van der Waals surface area contributed by atoms with Crippen LogP contribution in [0.2, 0.25) is 0 Å². The third kappa shape index (κ3) is 4.95. The van der Waals surface area contributed by atoms with Gasteiger partial charge in [-0.15, -0.1) is 0 Å². The van der Waals surface area contributed by atoms with Crippen molar-refractivity contribution in [2.24, 2.45) is 0 Å². The Morgan fingerprint density at radius 1 is 1.38 bits per heavy atom. The molecule has 1 unspecified atom stereocenters. The van der Waals surface area contributed by atoms with Crippen molar-refractivity contribution in [3.63, 3.8) is 0 Å². The second-order valence-electron chi connectivity index (χ2n) is 5.19. The van der Waals surface area contributed by atoms with E-state index in [4.69, 9.17) is 9.26 Å². The molecule has 1 aromatic carbocycles. The lowest BCUT2D eigenvalue weighted by Crippen LogP contribution is -2.12. The fourth-order valence-corrected chi connectivity index (χ4v) is 3.50. The number of carbonyl (C=O) groups is 1. The summed E-state index contributed by atoms with van der Waals surface area (Å²) in [7, 11) is -3.85. The van der Waals surface area contributed by atoms with Gasteiger partial charge in [0.15, 0.2) is 5.78 Å². The first kappa shape index (κ1) is 16.2. The maximum absolute atomic E-state index is 12.1. The maximum atomic E-state index is 12.1. The van der Waals surface area contributed by atoms with Crippen LogP contribution in [0.3, 0.4) is 0 Å². The van der Waals surface area contributed by atoms with Crippen LogP contribution in [0.1, 0.15) is 43.0 Å². The molecule has 1 aromatic rings. The van der Waals surface area contributed by atoms with Gasteiger partial charge in [-0.05, 0) is 44.7 Å². The molecule has 0 spiro atoms. The Morgan fingerprint density at radius 3 is 2.76 bits per heavy atom. The summed E-state index contributed by atoms with van der Waals surface area (Å²) in [5.74, 6) is 0.225. The highest BCUT2D eigenvalue weighted by Crippen LogP contribution is 2.42. The molecule has 0 heterocycles. The number of rotatable bonds is 7. The molecule has 1 fully saturated rings. The van der Waals surface area contributed by atoms with Crippen molar-refractivity contribution in [3.8, 4) is 5.75 Å². The van der Waals surface area contributed by atoms with Crippen LogP contribution in [0.4, 0.5) is 0 Å². The zero-order valence-electron chi connectivity index (χ0n) is 12.2. The number of ether oxygens (including phenoxy) is 1. The van der Waals surface area contributed by atoms with Crippen molar-refractivity contribution >= 4 is 13.4 Å². The summed E-state index contributed by atoms with van der Waals surface area (Å²) in [5.41, 5.74) is 0.375. The first-order valence-electron chi connectivity index (χ1n) is 7.26. The second-order valence-corrected chi connectivity index (χ2v) is 7.04. The highest BCUT2D eigenvalue weighted by atomic mass is 31.2. The van der Waals surface area contributed by atoms with Crippen LogP contribution >= 0.6 is 7.60 Å². The number of ketones is 1. The predicted octanol–water partition coefficient (Wildman–Crippen LogP) is 3.41. The van der Waals surface area contributed by atoms with Gasteiger partial charge in [0, 0.05) is 5.56 Å². The van der Waals surface area contributed by atoms with Gasteiger partial charge in [-0.3, -0.25) is 9.36 Å². The molecule has 0 aromatic heterocycles. The molecule has 6 heteroatoms. The minimum Gasteiger partial charge on any atom is -0.490 e. The monoisotopic (exact) mass is 312 g/mol. The summed E-state index contributed by atoms with van der Waals surface area (Å²) < 4.78 is 22.2. The van der Waals surface area contributed by atoms with Crippen LogP contribution in [0.15, 0.2) is 24.3 Å². The third-order valence-corrected chi connectivity index (χ3v) is 4.78. The van der Waals surface area contributed by atoms with Gasteiger partial charge in [-0.2, -0.15) is 0 Å². The van der Waals surface area contributed by atoms with Crippen LogP contribution < -0.4 is 4.74 Å². The molecule has 116 valence electrons. The summed E-state index contributed by atoms with van der Waals surface area (Å²) in [6.45, 7) is 1.72. The SMILES string of the molecule is CCOP(=O)(O)CC(=O)c1cccc(OC2CCCC2)c1. The van der Waals surface area contributed by atoms with E-state index in [0.717, 1.165) is 12.8 Å². The van der Waals surface area contributed by atoms with Crippen LogP contribution in [0.5, 0.6) is 5.75 Å². The highest BCUT2D eigenvalue weighted by molar-refractivity contribution is 7.53. The van der Waals surface area contributed by atoms with Crippen LogP contribution in [0.25, 0.3) is 0 Å². The summed E-state index contributed by atoms with van der Waals surface area (Å²) in [4.78, 5) is 21.6. The predicted molar refractivity (Wildman–Crippen MR) is 80.0 cm³/mol. The molecule has 0 saturated heterocycles. The van der Waals surface area contributed by atoms with E-state index in [9.17, 15) is 14.3 Å². The largest absolute Gasteiger partial charge is 0.490 e. The molecule has 0 radical (unpaired) electrons. The Labute approximate surface area is 124 Å². The molecule has 5 nitrogen and oxygen atoms in total. The van der Waals surface area contributed by atoms with Gasteiger partial charge in [0.05, 0.1) is 12.7 Å². The van der Waals surface area contributed by atoms with Crippen molar-refractivity contribution in [1.29, 1.82) is 0 Å². The van der Waals surface area contributed by atoms with Gasteiger partial charge in [-0.1, -0.05) is 12.1 Å². The fourth-order valence-electron chi connectivity index (χ4n) is 2.46. The van der Waals surface area contributed by atoms with Crippen molar-refractivity contribution < 1.29 is 23.5 Å². The van der Waals surface area contributed by atoms with Crippen LogP contribution in [-0.2, 0) is 9.09 Å². The second kappa shape index (κ2) is 7.21. The molecule has 1 aliphatic rings. The van der Waals surface area contributed by atoms with Gasteiger partial charge >= 0.3 is 7.60 Å². The molecular formula is C15H21O5P. The van der Waals surface area contributed by atoms with E-state index < -0.39 is 19.5 Å². The lowest BCUT2D eigenvalue weighted by molar-refractivity contribution is 0.101. The number of Topliss-reactive ketones (excluding diaryl/α,β-unsaturated/α-hetero) is 1. The Kier molecular flexibility index (Phi) is 5.57. The van der Waals surface area contributed by atoms with Crippen LogP contribution in [-0.4, -0.2) is 29.5 Å². The number of hydrogen-bond acceptors (Lipinski definition) is 4. The van der Waals surface area contributed by atoms with Gasteiger partial charge in [0.2, 0.25) is 0 Å². The zero-order valence-corrected chi connectivity index (χ0v) is 13.1. The van der Waals surface area contributed by atoms with Crippen molar-refractivity contribution in [1.82, 2.24) is 0 Å². The molecular weight excluding hydrogens is 291 g/mol. The maximum Gasteiger partial charge on any atom is 0.335 e. The van der Waals surface area contributed by atoms with Gasteiger partial charge < -0.3 is 14.2 Å². The van der Waals surface area contributed by atoms with Crippen LogP contribution in [0, 0.1) is 0 Å². The van der Waals surface area contributed by atoms with Gasteiger partial charge in [-0.25, -0.2) is 0 Å².